The van der Waals surface area contributed by atoms with Gasteiger partial charge in [0.2, 0.25) is 0 Å². The summed E-state index contributed by atoms with van der Waals surface area (Å²) in [7, 11) is 0. The van der Waals surface area contributed by atoms with Crippen molar-refractivity contribution in [3.05, 3.63) is 0 Å². The largest absolute Gasteiger partial charge is 0.455 e. The highest BCUT2D eigenvalue weighted by Gasteiger charge is 2.64. The van der Waals surface area contributed by atoms with Crippen molar-refractivity contribution in [3.63, 3.8) is 0 Å². The summed E-state index contributed by atoms with van der Waals surface area (Å²) in [5, 5.41) is 0. The normalized spacial score (nSPS) is 45.7. The summed E-state index contributed by atoms with van der Waals surface area (Å²) in [6, 6.07) is 0. The van der Waals surface area contributed by atoms with Gasteiger partial charge in [0, 0.05) is 6.42 Å². The first-order valence-corrected chi connectivity index (χ1v) is 5.26. The van der Waals surface area contributed by atoms with Gasteiger partial charge in [0.25, 0.3) is 0 Å². The standard InChI is InChI=1S/C10H12O5/c1-2-6(11)14-8-5-3-4-7(13-5)9(8)15-10(4)12/h4-5,7-9H,2-3H2,1H3. The summed E-state index contributed by atoms with van der Waals surface area (Å²) in [4.78, 5) is 22.5. The summed E-state index contributed by atoms with van der Waals surface area (Å²) < 4.78 is 16.0. The molecule has 5 nitrogen and oxygen atoms in total. The van der Waals surface area contributed by atoms with Crippen LogP contribution in [0.15, 0.2) is 0 Å². The van der Waals surface area contributed by atoms with Crippen molar-refractivity contribution < 1.29 is 23.8 Å². The number of rotatable bonds is 2. The lowest BCUT2D eigenvalue weighted by Crippen LogP contribution is -2.39. The van der Waals surface area contributed by atoms with Crippen molar-refractivity contribution in [1.29, 1.82) is 0 Å². The van der Waals surface area contributed by atoms with Crippen LogP contribution in [0.3, 0.4) is 0 Å². The van der Waals surface area contributed by atoms with Gasteiger partial charge >= 0.3 is 11.9 Å². The highest BCUT2D eigenvalue weighted by molar-refractivity contribution is 5.77. The third-order valence-electron chi connectivity index (χ3n) is 3.34. The Balaban J connectivity index is 1.78. The number of fused-ring (bicyclic) bond motifs is 1. The second-order valence-corrected chi connectivity index (χ2v) is 4.19. The number of esters is 2. The number of hydrogen-bond acceptors (Lipinski definition) is 5. The maximum absolute atomic E-state index is 11.4. The molecule has 3 heterocycles. The Kier molecular flexibility index (Phi) is 1.80. The summed E-state index contributed by atoms with van der Waals surface area (Å²) in [6.07, 6.45) is -0.120. The average molecular weight is 212 g/mol. The van der Waals surface area contributed by atoms with Crippen LogP contribution in [0.1, 0.15) is 19.8 Å². The molecule has 0 radical (unpaired) electrons. The molecule has 82 valence electrons. The predicted molar refractivity (Wildman–Crippen MR) is 46.8 cm³/mol. The highest BCUT2D eigenvalue weighted by Crippen LogP contribution is 2.47. The smallest absolute Gasteiger partial charge is 0.312 e. The maximum atomic E-state index is 11.4. The molecule has 3 saturated heterocycles. The van der Waals surface area contributed by atoms with E-state index in [-0.39, 0.29) is 42.3 Å². The fourth-order valence-corrected chi connectivity index (χ4v) is 2.62. The molecule has 0 aromatic heterocycles. The van der Waals surface area contributed by atoms with E-state index in [2.05, 4.69) is 0 Å². The zero-order valence-electron chi connectivity index (χ0n) is 8.34. The van der Waals surface area contributed by atoms with E-state index in [9.17, 15) is 9.59 Å². The summed E-state index contributed by atoms with van der Waals surface area (Å²) in [6.45, 7) is 1.74. The Bertz CT molecular complexity index is 326. The third-order valence-corrected chi connectivity index (χ3v) is 3.34. The van der Waals surface area contributed by atoms with Crippen LogP contribution >= 0.6 is 0 Å². The van der Waals surface area contributed by atoms with Crippen molar-refractivity contribution >= 4 is 11.9 Å². The van der Waals surface area contributed by atoms with Crippen LogP contribution in [0.2, 0.25) is 0 Å². The Morgan fingerprint density at radius 2 is 2.33 bits per heavy atom. The highest BCUT2D eigenvalue weighted by atomic mass is 16.7. The molecule has 3 rings (SSSR count). The van der Waals surface area contributed by atoms with Crippen LogP contribution in [0.4, 0.5) is 0 Å². The molecule has 3 aliphatic heterocycles. The molecule has 0 aromatic rings. The Morgan fingerprint density at radius 1 is 1.53 bits per heavy atom. The molecule has 0 aromatic carbocycles. The van der Waals surface area contributed by atoms with E-state index in [1.807, 2.05) is 0 Å². The zero-order chi connectivity index (χ0) is 10.6. The van der Waals surface area contributed by atoms with Gasteiger partial charge in [-0.15, -0.1) is 0 Å². The first-order valence-electron chi connectivity index (χ1n) is 5.26. The maximum Gasteiger partial charge on any atom is 0.312 e. The molecule has 0 spiro atoms. The van der Waals surface area contributed by atoms with E-state index in [1.165, 1.54) is 0 Å². The number of hydrogen-bond donors (Lipinski definition) is 0. The van der Waals surface area contributed by atoms with E-state index in [1.54, 1.807) is 6.92 Å². The van der Waals surface area contributed by atoms with Gasteiger partial charge in [-0.1, -0.05) is 6.92 Å². The fraction of sp³-hybridized carbons (Fsp3) is 0.800. The van der Waals surface area contributed by atoms with Crippen LogP contribution in [-0.4, -0.2) is 36.4 Å². The summed E-state index contributed by atoms with van der Waals surface area (Å²) >= 11 is 0. The number of carbonyl (C=O) groups is 2. The first kappa shape index (κ1) is 9.15. The van der Waals surface area contributed by atoms with E-state index >= 15 is 0 Å². The molecule has 5 atom stereocenters. The Hall–Kier alpha value is -1.10. The van der Waals surface area contributed by atoms with Crippen LogP contribution in [0.5, 0.6) is 0 Å². The Labute approximate surface area is 86.7 Å². The molecule has 2 bridgehead atoms. The monoisotopic (exact) mass is 212 g/mol. The molecule has 0 N–H and O–H groups in total. The van der Waals surface area contributed by atoms with E-state index in [0.717, 1.165) is 0 Å². The minimum absolute atomic E-state index is 0.128. The second-order valence-electron chi connectivity index (χ2n) is 4.19. The quantitative estimate of drug-likeness (QED) is 0.604. The van der Waals surface area contributed by atoms with Crippen LogP contribution in [0, 0.1) is 5.92 Å². The van der Waals surface area contributed by atoms with Gasteiger partial charge in [-0.05, 0) is 6.42 Å². The van der Waals surface area contributed by atoms with E-state index in [4.69, 9.17) is 14.2 Å². The number of carbonyl (C=O) groups excluding carboxylic acids is 2. The average Bonchev–Trinajstić information content (AvgIpc) is 2.81. The lowest BCUT2D eigenvalue weighted by atomic mass is 9.88. The van der Waals surface area contributed by atoms with Gasteiger partial charge in [-0.2, -0.15) is 0 Å². The molecule has 3 aliphatic rings. The molecular formula is C10H12O5. The van der Waals surface area contributed by atoms with Crippen molar-refractivity contribution in [2.24, 2.45) is 5.92 Å². The van der Waals surface area contributed by atoms with E-state index in [0.29, 0.717) is 12.8 Å². The van der Waals surface area contributed by atoms with E-state index < -0.39 is 0 Å². The predicted octanol–water partition coefficient (Wildman–Crippen LogP) is 0.0209. The molecule has 5 heteroatoms. The first-order chi connectivity index (χ1) is 7.20. The summed E-state index contributed by atoms with van der Waals surface area (Å²) in [5.41, 5.74) is 0. The molecule has 0 amide bonds. The van der Waals surface area contributed by atoms with Gasteiger partial charge in [0.05, 0.1) is 12.0 Å². The molecular weight excluding hydrogens is 200 g/mol. The molecule has 3 fully saturated rings. The Morgan fingerprint density at radius 3 is 3.07 bits per heavy atom. The second kappa shape index (κ2) is 2.95. The van der Waals surface area contributed by atoms with Crippen LogP contribution in [-0.2, 0) is 23.8 Å². The van der Waals surface area contributed by atoms with Gasteiger partial charge in [0.15, 0.2) is 12.2 Å². The molecule has 0 aliphatic carbocycles. The lowest BCUT2D eigenvalue weighted by Gasteiger charge is -2.21. The van der Waals surface area contributed by atoms with Gasteiger partial charge in [-0.25, -0.2) is 0 Å². The van der Waals surface area contributed by atoms with Crippen LogP contribution in [0.25, 0.3) is 0 Å². The van der Waals surface area contributed by atoms with Crippen LogP contribution < -0.4 is 0 Å². The molecule has 15 heavy (non-hydrogen) atoms. The SMILES string of the molecule is CCC(=O)OC1C2CC3C(=O)OC1C3O2. The van der Waals surface area contributed by atoms with Crippen molar-refractivity contribution in [1.82, 2.24) is 0 Å². The lowest BCUT2D eigenvalue weighted by molar-refractivity contribution is -0.160. The molecule has 5 unspecified atom stereocenters. The zero-order valence-corrected chi connectivity index (χ0v) is 8.34. The van der Waals surface area contributed by atoms with Gasteiger partial charge in [-0.3, -0.25) is 9.59 Å². The van der Waals surface area contributed by atoms with Gasteiger partial charge in [0.1, 0.15) is 6.10 Å². The topological polar surface area (TPSA) is 61.8 Å². The van der Waals surface area contributed by atoms with Crippen molar-refractivity contribution in [3.8, 4) is 0 Å². The minimum atomic E-state index is -0.384. The number of ether oxygens (including phenoxy) is 3. The van der Waals surface area contributed by atoms with Crippen molar-refractivity contribution in [2.75, 3.05) is 0 Å². The third kappa shape index (κ3) is 1.13. The molecule has 0 saturated carbocycles. The van der Waals surface area contributed by atoms with Gasteiger partial charge < -0.3 is 14.2 Å². The fourth-order valence-electron chi connectivity index (χ4n) is 2.62. The minimum Gasteiger partial charge on any atom is -0.455 e. The van der Waals surface area contributed by atoms with Crippen molar-refractivity contribution in [2.45, 2.75) is 44.2 Å². The summed E-state index contributed by atoms with van der Waals surface area (Å²) in [5.74, 6) is -0.602.